The summed E-state index contributed by atoms with van der Waals surface area (Å²) in [5, 5.41) is 0. The number of hydrogen-bond donors (Lipinski definition) is 3. The van der Waals surface area contributed by atoms with Gasteiger partial charge in [0.05, 0.1) is 7.11 Å². The van der Waals surface area contributed by atoms with Crippen LogP contribution in [0.4, 0.5) is 4.39 Å². The molecule has 2 aromatic carbocycles. The highest BCUT2D eigenvalue weighted by Gasteiger charge is 2.27. The van der Waals surface area contributed by atoms with Gasteiger partial charge in [0.15, 0.2) is 6.10 Å². The van der Waals surface area contributed by atoms with Crippen molar-refractivity contribution in [3.05, 3.63) is 53.8 Å². The molecule has 11 heteroatoms. The number of hydrogen-bond acceptors (Lipinski definition) is 6. The van der Waals surface area contributed by atoms with Crippen molar-refractivity contribution in [2.75, 3.05) is 7.11 Å². The molecule has 2 aromatic rings. The molecule has 0 bridgehead atoms. The maximum Gasteiger partial charge on any atom is 0.279 e. The molecule has 3 N–H and O–H groups in total. The molecule has 0 aliphatic heterocycles. The summed E-state index contributed by atoms with van der Waals surface area (Å²) in [6, 6.07) is 8.92. The third-order valence-corrected chi connectivity index (χ3v) is 6.73. The first-order valence-electron chi connectivity index (χ1n) is 10.4. The van der Waals surface area contributed by atoms with Gasteiger partial charge in [-0.25, -0.2) is 17.5 Å². The van der Waals surface area contributed by atoms with Crippen molar-refractivity contribution >= 4 is 21.8 Å². The Morgan fingerprint density at radius 3 is 2.36 bits per heavy atom. The molecule has 3 rings (SSSR count). The van der Waals surface area contributed by atoms with E-state index in [0.717, 1.165) is 25.7 Å². The van der Waals surface area contributed by atoms with Gasteiger partial charge in [-0.05, 0) is 62.2 Å². The molecule has 0 heterocycles. The van der Waals surface area contributed by atoms with Gasteiger partial charge in [0.25, 0.3) is 11.8 Å². The van der Waals surface area contributed by atoms with Crippen LogP contribution in [0.25, 0.3) is 0 Å². The topological polar surface area (TPSA) is 123 Å². The minimum absolute atomic E-state index is 0.00926. The number of carbonyl (C=O) groups is 2. The van der Waals surface area contributed by atoms with Crippen LogP contribution in [0.1, 0.15) is 43.0 Å². The Hall–Kier alpha value is -3.18. The molecule has 0 spiro atoms. The highest BCUT2D eigenvalue weighted by atomic mass is 32.2. The molecular weight excluding hydrogens is 453 g/mol. The zero-order valence-corrected chi connectivity index (χ0v) is 19.1. The molecule has 33 heavy (non-hydrogen) atoms. The van der Waals surface area contributed by atoms with Crippen molar-refractivity contribution in [2.45, 2.75) is 49.6 Å². The molecular formula is C22H26FN3O6S. The highest BCUT2D eigenvalue weighted by Crippen LogP contribution is 2.27. The van der Waals surface area contributed by atoms with Crippen molar-refractivity contribution in [1.82, 2.24) is 15.6 Å². The van der Waals surface area contributed by atoms with E-state index in [4.69, 9.17) is 9.47 Å². The molecule has 2 amide bonds. The number of sulfonamides is 1. The van der Waals surface area contributed by atoms with E-state index in [1.165, 1.54) is 56.5 Å². The van der Waals surface area contributed by atoms with Crippen LogP contribution in [0.5, 0.6) is 11.5 Å². The Kier molecular flexibility index (Phi) is 7.88. The third kappa shape index (κ3) is 6.42. The first kappa shape index (κ1) is 24.5. The fourth-order valence-electron chi connectivity index (χ4n) is 3.42. The van der Waals surface area contributed by atoms with E-state index in [9.17, 15) is 22.4 Å². The van der Waals surface area contributed by atoms with Gasteiger partial charge in [-0.2, -0.15) is 0 Å². The molecule has 1 saturated carbocycles. The number of benzene rings is 2. The minimum Gasteiger partial charge on any atom is -0.495 e. The lowest BCUT2D eigenvalue weighted by molar-refractivity contribution is -0.128. The van der Waals surface area contributed by atoms with Crippen LogP contribution in [0.3, 0.4) is 0 Å². The van der Waals surface area contributed by atoms with Gasteiger partial charge in [-0.3, -0.25) is 20.4 Å². The predicted octanol–water partition coefficient (Wildman–Crippen LogP) is 2.28. The van der Waals surface area contributed by atoms with Gasteiger partial charge in [0.1, 0.15) is 22.2 Å². The summed E-state index contributed by atoms with van der Waals surface area (Å²) in [7, 11) is -2.57. The van der Waals surface area contributed by atoms with Crippen molar-refractivity contribution < 1.29 is 31.9 Å². The number of carbonyl (C=O) groups excluding carboxylic acids is 2. The Bertz CT molecular complexity index is 1100. The largest absolute Gasteiger partial charge is 0.495 e. The van der Waals surface area contributed by atoms with Crippen LogP contribution < -0.4 is 25.0 Å². The van der Waals surface area contributed by atoms with Crippen LogP contribution >= 0.6 is 0 Å². The van der Waals surface area contributed by atoms with Gasteiger partial charge in [-0.1, -0.05) is 12.8 Å². The summed E-state index contributed by atoms with van der Waals surface area (Å²) in [5.41, 5.74) is 4.46. The van der Waals surface area contributed by atoms with Crippen LogP contribution in [-0.2, 0) is 14.8 Å². The standard InChI is InChI=1S/C22H26FN3O6S/c1-14(32-18-10-8-16(23)9-11-18)21(27)24-25-22(28)15-7-12-19(31-2)20(13-15)33(29,30)26-17-5-3-4-6-17/h7-14,17,26H,3-6H2,1-2H3,(H,24,27)(H,25,28). The van der Waals surface area contributed by atoms with Gasteiger partial charge in [0, 0.05) is 11.6 Å². The fraction of sp³-hybridized carbons (Fsp3) is 0.364. The number of rotatable bonds is 8. The number of ether oxygens (including phenoxy) is 2. The van der Waals surface area contributed by atoms with E-state index in [2.05, 4.69) is 15.6 Å². The smallest absolute Gasteiger partial charge is 0.279 e. The Balaban J connectivity index is 1.65. The lowest BCUT2D eigenvalue weighted by Crippen LogP contribution is -2.47. The lowest BCUT2D eigenvalue weighted by atomic mass is 10.2. The van der Waals surface area contributed by atoms with E-state index in [1.807, 2.05) is 0 Å². The van der Waals surface area contributed by atoms with E-state index < -0.39 is 33.8 Å². The average molecular weight is 480 g/mol. The SMILES string of the molecule is COc1ccc(C(=O)NNC(=O)C(C)Oc2ccc(F)cc2)cc1S(=O)(=O)NC1CCCC1. The average Bonchev–Trinajstić information content (AvgIpc) is 3.30. The van der Waals surface area contributed by atoms with Gasteiger partial charge in [-0.15, -0.1) is 0 Å². The van der Waals surface area contributed by atoms with Crippen molar-refractivity contribution in [2.24, 2.45) is 0 Å². The maximum atomic E-state index is 13.0. The van der Waals surface area contributed by atoms with Crippen LogP contribution in [0, 0.1) is 5.82 Å². The van der Waals surface area contributed by atoms with Crippen molar-refractivity contribution in [3.8, 4) is 11.5 Å². The fourth-order valence-corrected chi connectivity index (χ4v) is 4.92. The molecule has 0 saturated heterocycles. The highest BCUT2D eigenvalue weighted by molar-refractivity contribution is 7.89. The molecule has 0 aromatic heterocycles. The van der Waals surface area contributed by atoms with Gasteiger partial charge < -0.3 is 9.47 Å². The normalized spacial score (nSPS) is 15.0. The number of nitrogens with one attached hydrogen (secondary N) is 3. The Morgan fingerprint density at radius 2 is 1.73 bits per heavy atom. The third-order valence-electron chi connectivity index (χ3n) is 5.19. The van der Waals surface area contributed by atoms with Gasteiger partial charge in [0.2, 0.25) is 10.0 Å². The van der Waals surface area contributed by atoms with Crippen LogP contribution in [0.15, 0.2) is 47.4 Å². The summed E-state index contributed by atoms with van der Waals surface area (Å²) >= 11 is 0. The number of halogens is 1. The minimum atomic E-state index is -3.91. The molecule has 1 aliphatic carbocycles. The van der Waals surface area contributed by atoms with Crippen LogP contribution in [-0.4, -0.2) is 39.5 Å². The summed E-state index contributed by atoms with van der Waals surface area (Å²) < 4.78 is 51.9. The summed E-state index contributed by atoms with van der Waals surface area (Å²) in [5.74, 6) is -1.44. The molecule has 0 radical (unpaired) electrons. The molecule has 1 fully saturated rings. The first-order valence-corrected chi connectivity index (χ1v) is 11.9. The van der Waals surface area contributed by atoms with Crippen molar-refractivity contribution in [3.63, 3.8) is 0 Å². The second kappa shape index (κ2) is 10.6. The number of methoxy groups -OCH3 is 1. The first-order chi connectivity index (χ1) is 15.7. The number of amides is 2. The quantitative estimate of drug-likeness (QED) is 0.500. The zero-order valence-electron chi connectivity index (χ0n) is 18.3. The predicted molar refractivity (Wildman–Crippen MR) is 118 cm³/mol. The Labute approximate surface area is 191 Å². The summed E-state index contributed by atoms with van der Waals surface area (Å²) in [6.07, 6.45) is 2.43. The lowest BCUT2D eigenvalue weighted by Gasteiger charge is -2.17. The van der Waals surface area contributed by atoms with E-state index >= 15 is 0 Å². The second-order valence-corrected chi connectivity index (χ2v) is 9.31. The monoisotopic (exact) mass is 479 g/mol. The zero-order chi connectivity index (χ0) is 24.0. The van der Waals surface area contributed by atoms with E-state index in [-0.39, 0.29) is 28.0 Å². The van der Waals surface area contributed by atoms with Crippen LogP contribution in [0.2, 0.25) is 0 Å². The van der Waals surface area contributed by atoms with E-state index in [0.29, 0.717) is 0 Å². The molecule has 178 valence electrons. The molecule has 1 atom stereocenters. The van der Waals surface area contributed by atoms with E-state index in [1.54, 1.807) is 0 Å². The molecule has 1 unspecified atom stereocenters. The Morgan fingerprint density at radius 1 is 1.06 bits per heavy atom. The van der Waals surface area contributed by atoms with Gasteiger partial charge >= 0.3 is 0 Å². The summed E-state index contributed by atoms with van der Waals surface area (Å²) in [6.45, 7) is 1.46. The number of hydrazine groups is 1. The van der Waals surface area contributed by atoms with Crippen molar-refractivity contribution in [1.29, 1.82) is 0 Å². The molecule has 1 aliphatic rings. The molecule has 9 nitrogen and oxygen atoms in total. The maximum absolute atomic E-state index is 13.0. The summed E-state index contributed by atoms with van der Waals surface area (Å²) in [4.78, 5) is 24.6. The second-order valence-electron chi connectivity index (χ2n) is 7.63.